The fraction of sp³-hybridized carbons (Fsp3) is 0.385. The average molecular weight is 255 g/mol. The zero-order chi connectivity index (χ0) is 11.1. The number of fused-ring (bicyclic) bond motifs is 1. The molecule has 1 nitrogen and oxygen atoms in total. The van der Waals surface area contributed by atoms with Crippen LogP contribution in [0.25, 0.3) is 11.0 Å². The van der Waals surface area contributed by atoms with E-state index in [9.17, 15) is 0 Å². The van der Waals surface area contributed by atoms with Gasteiger partial charge < -0.3 is 4.42 Å². The average Bonchev–Trinajstić information content (AvgIpc) is 2.83. The maximum atomic E-state index is 6.12. The van der Waals surface area contributed by atoms with E-state index in [1.54, 1.807) is 0 Å². The molecule has 0 amide bonds. The van der Waals surface area contributed by atoms with E-state index in [1.165, 1.54) is 0 Å². The topological polar surface area (TPSA) is 13.1 Å². The van der Waals surface area contributed by atoms with E-state index in [0.29, 0.717) is 11.3 Å². The van der Waals surface area contributed by atoms with Gasteiger partial charge in [0.05, 0.1) is 0 Å². The second-order valence-corrected chi connectivity index (χ2v) is 5.49. The quantitative estimate of drug-likeness (QED) is 0.656. The molecule has 0 radical (unpaired) electrons. The number of furan rings is 1. The van der Waals surface area contributed by atoms with Gasteiger partial charge in [-0.1, -0.05) is 11.6 Å². The van der Waals surface area contributed by atoms with E-state index in [2.05, 4.69) is 6.07 Å². The molecule has 2 unspecified atom stereocenters. The highest BCUT2D eigenvalue weighted by atomic mass is 35.5. The van der Waals surface area contributed by atoms with Gasteiger partial charge in [-0.25, -0.2) is 0 Å². The molecule has 0 aliphatic heterocycles. The normalized spacial score (nSPS) is 25.4. The van der Waals surface area contributed by atoms with Gasteiger partial charge in [0.2, 0.25) is 0 Å². The molecule has 2 aromatic rings. The highest BCUT2D eigenvalue weighted by Gasteiger charge is 2.26. The van der Waals surface area contributed by atoms with Gasteiger partial charge in [0, 0.05) is 21.7 Å². The van der Waals surface area contributed by atoms with E-state index < -0.39 is 0 Å². The Balaban J connectivity index is 1.99. The fourth-order valence-electron chi connectivity index (χ4n) is 2.42. The first-order chi connectivity index (χ1) is 7.72. The first kappa shape index (κ1) is 10.5. The van der Waals surface area contributed by atoms with Crippen molar-refractivity contribution < 1.29 is 4.42 Å². The summed E-state index contributed by atoms with van der Waals surface area (Å²) in [6.07, 6.45) is 3.24. The Hall–Kier alpha value is -0.660. The minimum absolute atomic E-state index is 0.307. The van der Waals surface area contributed by atoms with Crippen molar-refractivity contribution in [1.29, 1.82) is 0 Å². The third-order valence-corrected chi connectivity index (χ3v) is 3.90. The standard InChI is InChI=1S/C13H12Cl2O/c14-10-2-1-8(5-10)13-7-9-6-11(15)3-4-12(9)16-13/h3-4,6-8,10H,1-2,5H2. The number of rotatable bonds is 1. The molecule has 0 bridgehead atoms. The lowest BCUT2D eigenvalue weighted by molar-refractivity contribution is 0.494. The fourth-order valence-corrected chi connectivity index (χ4v) is 2.94. The number of hydrogen-bond acceptors (Lipinski definition) is 1. The van der Waals surface area contributed by atoms with Gasteiger partial charge in [0.25, 0.3) is 0 Å². The van der Waals surface area contributed by atoms with Gasteiger partial charge in [0.15, 0.2) is 0 Å². The summed E-state index contributed by atoms with van der Waals surface area (Å²) in [5.74, 6) is 1.54. The van der Waals surface area contributed by atoms with E-state index in [1.807, 2.05) is 18.2 Å². The molecule has 0 spiro atoms. The molecule has 1 aromatic carbocycles. The molecule has 16 heavy (non-hydrogen) atoms. The summed E-state index contributed by atoms with van der Waals surface area (Å²) < 4.78 is 5.84. The zero-order valence-corrected chi connectivity index (χ0v) is 10.3. The van der Waals surface area contributed by atoms with Crippen molar-refractivity contribution in [2.75, 3.05) is 0 Å². The number of halogens is 2. The van der Waals surface area contributed by atoms with Crippen molar-refractivity contribution in [2.24, 2.45) is 0 Å². The predicted octanol–water partition coefficient (Wildman–Crippen LogP) is 4.96. The Kier molecular flexibility index (Phi) is 2.61. The van der Waals surface area contributed by atoms with Crippen LogP contribution in [0.5, 0.6) is 0 Å². The Morgan fingerprint density at radius 3 is 2.81 bits per heavy atom. The van der Waals surface area contributed by atoms with Crippen LogP contribution >= 0.6 is 23.2 Å². The zero-order valence-electron chi connectivity index (χ0n) is 8.75. The van der Waals surface area contributed by atoms with Crippen LogP contribution in [0.4, 0.5) is 0 Å². The van der Waals surface area contributed by atoms with E-state index in [-0.39, 0.29) is 0 Å². The molecule has 3 heteroatoms. The van der Waals surface area contributed by atoms with Crippen LogP contribution in [0, 0.1) is 0 Å². The molecule has 84 valence electrons. The molecule has 1 aliphatic rings. The van der Waals surface area contributed by atoms with Gasteiger partial charge in [0.1, 0.15) is 11.3 Å². The van der Waals surface area contributed by atoms with Crippen LogP contribution < -0.4 is 0 Å². The van der Waals surface area contributed by atoms with Gasteiger partial charge in [-0.3, -0.25) is 0 Å². The molecular weight excluding hydrogens is 243 g/mol. The first-order valence-corrected chi connectivity index (χ1v) is 6.37. The third kappa shape index (κ3) is 1.83. The Bertz CT molecular complexity index is 518. The molecule has 1 heterocycles. The van der Waals surface area contributed by atoms with Crippen LogP contribution in [-0.4, -0.2) is 5.38 Å². The molecule has 0 N–H and O–H groups in total. The maximum Gasteiger partial charge on any atom is 0.134 e. The van der Waals surface area contributed by atoms with Gasteiger partial charge in [-0.2, -0.15) is 0 Å². The number of alkyl halides is 1. The molecule has 3 rings (SSSR count). The lowest BCUT2D eigenvalue weighted by Gasteiger charge is -2.03. The molecule has 1 aromatic heterocycles. The summed E-state index contributed by atoms with van der Waals surface area (Å²) >= 11 is 12.1. The predicted molar refractivity (Wildman–Crippen MR) is 67.5 cm³/mol. The summed E-state index contributed by atoms with van der Waals surface area (Å²) in [4.78, 5) is 0. The van der Waals surface area contributed by atoms with Crippen LogP contribution in [-0.2, 0) is 0 Å². The molecular formula is C13H12Cl2O. The molecule has 1 saturated carbocycles. The van der Waals surface area contributed by atoms with Crippen molar-refractivity contribution in [3.8, 4) is 0 Å². The molecule has 1 fully saturated rings. The van der Waals surface area contributed by atoms with Crippen molar-refractivity contribution in [3.63, 3.8) is 0 Å². The van der Waals surface area contributed by atoms with Gasteiger partial charge in [-0.05, 0) is 43.5 Å². The summed E-state index contributed by atoms with van der Waals surface area (Å²) in [5.41, 5.74) is 0.914. The minimum atomic E-state index is 0.307. The molecule has 0 saturated heterocycles. The second-order valence-electron chi connectivity index (χ2n) is 4.44. The first-order valence-electron chi connectivity index (χ1n) is 5.55. The van der Waals surface area contributed by atoms with Crippen LogP contribution in [0.15, 0.2) is 28.7 Å². The van der Waals surface area contributed by atoms with Crippen LogP contribution in [0.3, 0.4) is 0 Å². The van der Waals surface area contributed by atoms with Gasteiger partial charge in [-0.15, -0.1) is 11.6 Å². The number of benzene rings is 1. The monoisotopic (exact) mass is 254 g/mol. The largest absolute Gasteiger partial charge is 0.461 e. The number of hydrogen-bond donors (Lipinski definition) is 0. The lowest BCUT2D eigenvalue weighted by Crippen LogP contribution is -1.91. The smallest absolute Gasteiger partial charge is 0.134 e. The van der Waals surface area contributed by atoms with Gasteiger partial charge >= 0.3 is 0 Å². The Labute approximate surface area is 104 Å². The van der Waals surface area contributed by atoms with Crippen LogP contribution in [0.1, 0.15) is 30.9 Å². The van der Waals surface area contributed by atoms with E-state index in [4.69, 9.17) is 27.6 Å². The summed E-state index contributed by atoms with van der Waals surface area (Å²) in [6.45, 7) is 0. The highest BCUT2D eigenvalue weighted by molar-refractivity contribution is 6.31. The van der Waals surface area contributed by atoms with Crippen molar-refractivity contribution in [3.05, 3.63) is 35.0 Å². The minimum Gasteiger partial charge on any atom is -0.461 e. The van der Waals surface area contributed by atoms with Crippen LogP contribution in [0.2, 0.25) is 5.02 Å². The Morgan fingerprint density at radius 2 is 2.06 bits per heavy atom. The highest BCUT2D eigenvalue weighted by Crippen LogP contribution is 2.39. The summed E-state index contributed by atoms with van der Waals surface area (Å²) in [6, 6.07) is 7.82. The third-order valence-electron chi connectivity index (χ3n) is 3.27. The second kappa shape index (κ2) is 3.97. The summed E-state index contributed by atoms with van der Waals surface area (Å²) in [5, 5.41) is 2.14. The van der Waals surface area contributed by atoms with Crippen molar-refractivity contribution in [2.45, 2.75) is 30.6 Å². The van der Waals surface area contributed by atoms with E-state index >= 15 is 0 Å². The molecule has 1 aliphatic carbocycles. The lowest BCUT2D eigenvalue weighted by atomic mass is 10.1. The van der Waals surface area contributed by atoms with Crippen molar-refractivity contribution >= 4 is 34.2 Å². The van der Waals surface area contributed by atoms with Crippen molar-refractivity contribution in [1.82, 2.24) is 0 Å². The maximum absolute atomic E-state index is 6.12. The SMILES string of the molecule is Clc1ccc2oc(C3CCC(Cl)C3)cc2c1. The van der Waals surface area contributed by atoms with E-state index in [0.717, 1.165) is 41.0 Å². The summed E-state index contributed by atoms with van der Waals surface area (Å²) in [7, 11) is 0. The molecule has 2 atom stereocenters. The Morgan fingerprint density at radius 1 is 1.19 bits per heavy atom.